The van der Waals surface area contributed by atoms with Crippen LogP contribution in [0.25, 0.3) is 16.5 Å². The van der Waals surface area contributed by atoms with Gasteiger partial charge >= 0.3 is 0 Å². The summed E-state index contributed by atoms with van der Waals surface area (Å²) in [4.78, 5) is 4.66. The van der Waals surface area contributed by atoms with E-state index in [0.717, 1.165) is 33.3 Å². The first kappa shape index (κ1) is 14.1. The molecule has 0 fully saturated rings. The summed E-state index contributed by atoms with van der Waals surface area (Å²) in [6.07, 6.45) is 0. The van der Waals surface area contributed by atoms with E-state index in [-0.39, 0.29) is 0 Å². The van der Waals surface area contributed by atoms with Crippen molar-refractivity contribution in [1.29, 1.82) is 0 Å². The third-order valence-corrected chi connectivity index (χ3v) is 3.97. The predicted molar refractivity (Wildman–Crippen MR) is 90.9 cm³/mol. The molecule has 3 rings (SSSR count). The zero-order valence-electron chi connectivity index (χ0n) is 11.3. The molecule has 0 amide bonds. The van der Waals surface area contributed by atoms with Crippen molar-refractivity contribution in [2.75, 3.05) is 0 Å². The molecule has 3 heteroatoms. The minimum Gasteiger partial charge on any atom is -0.248 e. The molecule has 0 aliphatic heterocycles. The summed E-state index contributed by atoms with van der Waals surface area (Å²) in [5.74, 6) is 0.453. The molecule has 1 nitrogen and oxygen atoms in total. The van der Waals surface area contributed by atoms with Crippen molar-refractivity contribution in [1.82, 2.24) is 4.98 Å². The summed E-state index contributed by atoms with van der Waals surface area (Å²) in [6.45, 7) is 4.18. The Morgan fingerprint density at radius 2 is 1.81 bits per heavy atom. The molecule has 21 heavy (non-hydrogen) atoms. The average molecular weight is 314 g/mol. The average Bonchev–Trinajstić information content (AvgIpc) is 2.53. The van der Waals surface area contributed by atoms with Crippen molar-refractivity contribution >= 4 is 39.7 Å². The molecule has 0 atom stereocenters. The Balaban J connectivity index is 2.09. The molecular formula is C18H13Cl2N. The van der Waals surface area contributed by atoms with Gasteiger partial charge in [-0.3, -0.25) is 0 Å². The lowest BCUT2D eigenvalue weighted by Crippen LogP contribution is -1.95. The molecule has 0 saturated heterocycles. The van der Waals surface area contributed by atoms with Gasteiger partial charge in [0.25, 0.3) is 0 Å². The summed E-state index contributed by atoms with van der Waals surface area (Å²) in [7, 11) is 0. The molecule has 0 aliphatic rings. The van der Waals surface area contributed by atoms with Crippen LogP contribution < -0.4 is 0 Å². The van der Waals surface area contributed by atoms with Crippen molar-refractivity contribution in [3.8, 4) is 0 Å². The molecule has 0 saturated carbocycles. The van der Waals surface area contributed by atoms with Gasteiger partial charge in [0.15, 0.2) is 0 Å². The largest absolute Gasteiger partial charge is 0.248 e. The lowest BCUT2D eigenvalue weighted by molar-refractivity contribution is 1.31. The molecule has 3 aromatic rings. The molecule has 0 radical (unpaired) electrons. The molecule has 0 spiro atoms. The number of rotatable bonds is 3. The highest BCUT2D eigenvalue weighted by atomic mass is 35.5. The lowest BCUT2D eigenvalue weighted by atomic mass is 9.98. The first-order valence-electron chi connectivity index (χ1n) is 6.59. The highest BCUT2D eigenvalue weighted by Gasteiger charge is 2.09. The van der Waals surface area contributed by atoms with Gasteiger partial charge < -0.3 is 0 Å². The second kappa shape index (κ2) is 5.88. The Labute approximate surface area is 133 Å². The topological polar surface area (TPSA) is 12.9 Å². The first-order chi connectivity index (χ1) is 10.2. The highest BCUT2D eigenvalue weighted by molar-refractivity contribution is 6.31. The minimum absolute atomic E-state index is 0.453. The first-order valence-corrected chi connectivity index (χ1v) is 7.50. The molecule has 1 aromatic heterocycles. The molecular weight excluding hydrogens is 301 g/mol. The summed E-state index contributed by atoms with van der Waals surface area (Å²) >= 11 is 12.0. The molecule has 1 heterocycles. The number of hydrogen-bond acceptors (Lipinski definition) is 1. The van der Waals surface area contributed by atoms with E-state index in [1.807, 2.05) is 54.6 Å². The van der Waals surface area contributed by atoms with Gasteiger partial charge in [-0.2, -0.15) is 0 Å². The number of aromatic nitrogens is 1. The van der Waals surface area contributed by atoms with Gasteiger partial charge in [-0.05, 0) is 29.3 Å². The van der Waals surface area contributed by atoms with Crippen LogP contribution in [0.1, 0.15) is 16.8 Å². The van der Waals surface area contributed by atoms with Gasteiger partial charge in [0.2, 0.25) is 0 Å². The Morgan fingerprint density at radius 3 is 2.62 bits per heavy atom. The van der Waals surface area contributed by atoms with Crippen LogP contribution in [0.3, 0.4) is 0 Å². The summed E-state index contributed by atoms with van der Waals surface area (Å²) in [5, 5.41) is 1.74. The van der Waals surface area contributed by atoms with Crippen LogP contribution in [-0.4, -0.2) is 4.98 Å². The number of halogens is 2. The molecule has 0 bridgehead atoms. The number of hydrogen-bond donors (Lipinski definition) is 0. The van der Waals surface area contributed by atoms with Gasteiger partial charge in [0, 0.05) is 21.9 Å². The smallest absolute Gasteiger partial charge is 0.0724 e. The van der Waals surface area contributed by atoms with Gasteiger partial charge in [-0.25, -0.2) is 4.98 Å². The fraction of sp³-hybridized carbons (Fsp3) is 0.0556. The van der Waals surface area contributed by atoms with E-state index in [4.69, 9.17) is 23.2 Å². The maximum Gasteiger partial charge on any atom is 0.0724 e. The van der Waals surface area contributed by atoms with Crippen LogP contribution in [0, 0.1) is 0 Å². The maximum atomic E-state index is 6.04. The van der Waals surface area contributed by atoms with E-state index >= 15 is 0 Å². The molecule has 104 valence electrons. The van der Waals surface area contributed by atoms with Crippen molar-refractivity contribution in [2.45, 2.75) is 5.88 Å². The van der Waals surface area contributed by atoms with E-state index in [9.17, 15) is 0 Å². The van der Waals surface area contributed by atoms with E-state index in [2.05, 4.69) is 11.6 Å². The fourth-order valence-corrected chi connectivity index (χ4v) is 2.73. The third kappa shape index (κ3) is 2.80. The van der Waals surface area contributed by atoms with E-state index in [1.165, 1.54) is 0 Å². The van der Waals surface area contributed by atoms with Crippen molar-refractivity contribution in [3.05, 3.63) is 83.0 Å². The van der Waals surface area contributed by atoms with Crippen LogP contribution in [-0.2, 0) is 5.88 Å². The minimum atomic E-state index is 0.453. The van der Waals surface area contributed by atoms with Gasteiger partial charge in [-0.1, -0.05) is 54.6 Å². The Morgan fingerprint density at radius 1 is 1.05 bits per heavy atom. The number of nitrogens with zero attached hydrogens (tertiary/aromatic N) is 1. The van der Waals surface area contributed by atoms with Crippen LogP contribution in [0.15, 0.2) is 61.2 Å². The standard InChI is InChI=1S/C18H13Cl2N/c1-12(16-5-3-2-4-14(16)11-19)17-9-7-13-6-8-15(20)10-18(13)21-17/h2-10H,1,11H2. The summed E-state index contributed by atoms with van der Waals surface area (Å²) in [6, 6.07) is 17.7. The second-order valence-electron chi connectivity index (χ2n) is 4.80. The summed E-state index contributed by atoms with van der Waals surface area (Å²) < 4.78 is 0. The zero-order valence-corrected chi connectivity index (χ0v) is 12.8. The van der Waals surface area contributed by atoms with Crippen LogP contribution in [0.5, 0.6) is 0 Å². The molecule has 0 N–H and O–H groups in total. The molecule has 0 aliphatic carbocycles. The fourth-order valence-electron chi connectivity index (χ4n) is 2.33. The van der Waals surface area contributed by atoms with Crippen molar-refractivity contribution < 1.29 is 0 Å². The number of alkyl halides is 1. The van der Waals surface area contributed by atoms with Gasteiger partial charge in [0.05, 0.1) is 11.2 Å². The van der Waals surface area contributed by atoms with Crippen LogP contribution in [0.2, 0.25) is 5.02 Å². The van der Waals surface area contributed by atoms with E-state index < -0.39 is 0 Å². The third-order valence-electron chi connectivity index (χ3n) is 3.45. The molecule has 0 unspecified atom stereocenters. The maximum absolute atomic E-state index is 6.04. The van der Waals surface area contributed by atoms with Crippen molar-refractivity contribution in [2.24, 2.45) is 0 Å². The summed E-state index contributed by atoms with van der Waals surface area (Å²) in [5.41, 5.74) is 4.65. The lowest BCUT2D eigenvalue weighted by Gasteiger charge is -2.10. The van der Waals surface area contributed by atoms with Gasteiger partial charge in [0.1, 0.15) is 0 Å². The predicted octanol–water partition coefficient (Wildman–Crippen LogP) is 5.69. The molecule has 2 aromatic carbocycles. The van der Waals surface area contributed by atoms with Gasteiger partial charge in [-0.15, -0.1) is 11.6 Å². The van der Waals surface area contributed by atoms with Crippen molar-refractivity contribution in [3.63, 3.8) is 0 Å². The Hall–Kier alpha value is -1.83. The SMILES string of the molecule is C=C(c1ccc2ccc(Cl)cc2n1)c1ccccc1CCl. The highest BCUT2D eigenvalue weighted by Crippen LogP contribution is 2.26. The quantitative estimate of drug-likeness (QED) is 0.566. The number of fused-ring (bicyclic) bond motifs is 1. The Bertz CT molecular complexity index is 824. The van der Waals surface area contributed by atoms with E-state index in [0.29, 0.717) is 10.9 Å². The second-order valence-corrected chi connectivity index (χ2v) is 5.51. The van der Waals surface area contributed by atoms with E-state index in [1.54, 1.807) is 0 Å². The number of pyridine rings is 1. The zero-order chi connectivity index (χ0) is 14.8. The Kier molecular flexibility index (Phi) is 3.96. The normalized spacial score (nSPS) is 10.8. The number of benzene rings is 2. The monoisotopic (exact) mass is 313 g/mol. The van der Waals surface area contributed by atoms with Crippen LogP contribution >= 0.6 is 23.2 Å². The van der Waals surface area contributed by atoms with Crippen LogP contribution in [0.4, 0.5) is 0 Å².